The third kappa shape index (κ3) is 14.5. The lowest BCUT2D eigenvalue weighted by molar-refractivity contribution is -0.156. The quantitative estimate of drug-likeness (QED) is 0.221. The van der Waals surface area contributed by atoms with Crippen molar-refractivity contribution in [3.63, 3.8) is 0 Å². The molecular formula is C28H39N3O6. The van der Waals surface area contributed by atoms with Gasteiger partial charge in [-0.25, -0.2) is 9.59 Å². The predicted molar refractivity (Wildman–Crippen MR) is 141 cm³/mol. The molecule has 0 radical (unpaired) electrons. The van der Waals surface area contributed by atoms with Gasteiger partial charge in [-0.05, 0) is 44.7 Å². The van der Waals surface area contributed by atoms with Crippen LogP contribution in [-0.4, -0.2) is 61.4 Å². The Morgan fingerprint density at radius 3 is 1.57 bits per heavy atom. The van der Waals surface area contributed by atoms with E-state index in [1.807, 2.05) is 86.3 Å². The minimum Gasteiger partial charge on any atom is -0.459 e. The fourth-order valence-electron chi connectivity index (χ4n) is 3.36. The van der Waals surface area contributed by atoms with Gasteiger partial charge in [0.1, 0.15) is 18.8 Å². The van der Waals surface area contributed by atoms with Crippen molar-refractivity contribution < 1.29 is 28.6 Å². The Balaban J connectivity index is 1.69. The third-order valence-corrected chi connectivity index (χ3v) is 5.04. The smallest absolute Gasteiger partial charge is 0.407 e. The summed E-state index contributed by atoms with van der Waals surface area (Å²) in [6.45, 7) is 7.95. The zero-order valence-corrected chi connectivity index (χ0v) is 22.0. The van der Waals surface area contributed by atoms with Crippen LogP contribution >= 0.6 is 0 Å². The topological polar surface area (TPSA) is 106 Å². The van der Waals surface area contributed by atoms with Crippen LogP contribution in [0.4, 0.5) is 9.59 Å². The van der Waals surface area contributed by atoms with Crippen molar-refractivity contribution in [2.75, 3.05) is 32.7 Å². The Labute approximate surface area is 219 Å². The molecule has 0 aliphatic carbocycles. The molecule has 2 aromatic carbocycles. The van der Waals surface area contributed by atoms with Crippen LogP contribution in [0.3, 0.4) is 0 Å². The number of ether oxygens (including phenoxy) is 3. The van der Waals surface area contributed by atoms with Gasteiger partial charge in [-0.1, -0.05) is 60.7 Å². The van der Waals surface area contributed by atoms with Gasteiger partial charge in [-0.15, -0.1) is 0 Å². The van der Waals surface area contributed by atoms with E-state index in [4.69, 9.17) is 14.2 Å². The molecule has 9 heteroatoms. The first-order valence-corrected chi connectivity index (χ1v) is 12.5. The monoisotopic (exact) mass is 513 g/mol. The van der Waals surface area contributed by atoms with Crippen molar-refractivity contribution in [3.8, 4) is 0 Å². The average Bonchev–Trinajstić information content (AvgIpc) is 2.86. The summed E-state index contributed by atoms with van der Waals surface area (Å²) in [5.74, 6) is -0.321. The number of hydrogen-bond donors (Lipinski definition) is 2. The van der Waals surface area contributed by atoms with E-state index in [0.29, 0.717) is 39.0 Å². The fraction of sp³-hybridized carbons (Fsp3) is 0.464. The number of rotatable bonds is 14. The second-order valence-electron chi connectivity index (χ2n) is 9.55. The molecule has 2 aromatic rings. The van der Waals surface area contributed by atoms with Gasteiger partial charge in [0.2, 0.25) is 0 Å². The van der Waals surface area contributed by atoms with Crippen LogP contribution in [0.25, 0.3) is 0 Å². The van der Waals surface area contributed by atoms with Gasteiger partial charge in [0.05, 0.1) is 6.54 Å². The second kappa shape index (κ2) is 16.2. The molecule has 0 aliphatic heterocycles. The van der Waals surface area contributed by atoms with Crippen molar-refractivity contribution in [3.05, 3.63) is 71.8 Å². The van der Waals surface area contributed by atoms with Crippen LogP contribution < -0.4 is 10.6 Å². The highest BCUT2D eigenvalue weighted by Crippen LogP contribution is 2.08. The molecule has 2 rings (SSSR count). The van der Waals surface area contributed by atoms with Crippen molar-refractivity contribution >= 4 is 18.2 Å². The molecule has 2 amide bonds. The lowest BCUT2D eigenvalue weighted by Gasteiger charge is -2.25. The van der Waals surface area contributed by atoms with Gasteiger partial charge in [-0.3, -0.25) is 9.69 Å². The molecule has 0 spiro atoms. The van der Waals surface area contributed by atoms with Crippen LogP contribution in [0.5, 0.6) is 0 Å². The molecule has 202 valence electrons. The number of carbonyl (C=O) groups excluding carboxylic acids is 3. The molecule has 0 saturated heterocycles. The number of nitrogens with zero attached hydrogens (tertiary/aromatic N) is 1. The highest BCUT2D eigenvalue weighted by atomic mass is 16.6. The molecule has 0 fully saturated rings. The summed E-state index contributed by atoms with van der Waals surface area (Å²) in [6, 6.07) is 18.9. The van der Waals surface area contributed by atoms with Gasteiger partial charge in [0.15, 0.2) is 0 Å². The number of hydrogen-bond acceptors (Lipinski definition) is 7. The number of amides is 2. The van der Waals surface area contributed by atoms with Crippen molar-refractivity contribution in [2.24, 2.45) is 0 Å². The lowest BCUT2D eigenvalue weighted by Crippen LogP contribution is -2.38. The minimum absolute atomic E-state index is 0.119. The number of esters is 1. The molecular weight excluding hydrogens is 474 g/mol. The van der Waals surface area contributed by atoms with Gasteiger partial charge in [-0.2, -0.15) is 0 Å². The zero-order valence-electron chi connectivity index (χ0n) is 22.0. The van der Waals surface area contributed by atoms with Crippen molar-refractivity contribution in [1.82, 2.24) is 15.5 Å². The molecule has 0 atom stereocenters. The Morgan fingerprint density at radius 1 is 0.730 bits per heavy atom. The summed E-state index contributed by atoms with van der Waals surface area (Å²) in [5.41, 5.74) is 1.26. The first-order chi connectivity index (χ1) is 17.7. The molecule has 0 unspecified atom stereocenters. The third-order valence-electron chi connectivity index (χ3n) is 5.04. The summed E-state index contributed by atoms with van der Waals surface area (Å²) >= 11 is 0. The number of alkyl carbamates (subject to hydrolysis) is 2. The molecule has 2 N–H and O–H groups in total. The largest absolute Gasteiger partial charge is 0.459 e. The van der Waals surface area contributed by atoms with Crippen molar-refractivity contribution in [1.29, 1.82) is 0 Å². The molecule has 37 heavy (non-hydrogen) atoms. The fourth-order valence-corrected chi connectivity index (χ4v) is 3.36. The van der Waals surface area contributed by atoms with Crippen LogP contribution in [0.1, 0.15) is 44.7 Å². The predicted octanol–water partition coefficient (Wildman–Crippen LogP) is 4.26. The van der Waals surface area contributed by atoms with Crippen LogP contribution in [0, 0.1) is 0 Å². The number of nitrogens with one attached hydrogen (secondary N) is 2. The minimum atomic E-state index is -0.573. The Hall–Kier alpha value is -3.59. The van der Waals surface area contributed by atoms with E-state index in [0.717, 1.165) is 11.1 Å². The summed E-state index contributed by atoms with van der Waals surface area (Å²) in [4.78, 5) is 38.2. The van der Waals surface area contributed by atoms with Gasteiger partial charge in [0.25, 0.3) is 0 Å². The van der Waals surface area contributed by atoms with Crippen LogP contribution in [0.15, 0.2) is 60.7 Å². The Bertz CT molecular complexity index is 884. The maximum absolute atomic E-state index is 12.3. The van der Waals surface area contributed by atoms with Crippen LogP contribution in [-0.2, 0) is 32.2 Å². The highest BCUT2D eigenvalue weighted by molar-refractivity contribution is 5.72. The Morgan fingerprint density at radius 2 is 1.16 bits per heavy atom. The molecule has 0 aromatic heterocycles. The van der Waals surface area contributed by atoms with E-state index < -0.39 is 17.8 Å². The maximum atomic E-state index is 12.3. The molecule has 0 saturated carbocycles. The molecule has 0 heterocycles. The Kier molecular flexibility index (Phi) is 13.0. The van der Waals surface area contributed by atoms with Gasteiger partial charge in [0, 0.05) is 26.2 Å². The number of benzene rings is 2. The normalized spacial score (nSPS) is 11.0. The van der Waals surface area contributed by atoms with E-state index in [1.54, 1.807) is 0 Å². The van der Waals surface area contributed by atoms with E-state index in [2.05, 4.69) is 10.6 Å². The summed E-state index contributed by atoms with van der Waals surface area (Å²) in [6.07, 6.45) is 0.271. The van der Waals surface area contributed by atoms with E-state index in [9.17, 15) is 14.4 Å². The first-order valence-electron chi connectivity index (χ1n) is 12.5. The highest BCUT2D eigenvalue weighted by Gasteiger charge is 2.19. The van der Waals surface area contributed by atoms with Crippen molar-refractivity contribution in [2.45, 2.75) is 52.4 Å². The zero-order chi connectivity index (χ0) is 26.9. The van der Waals surface area contributed by atoms with E-state index in [1.165, 1.54) is 0 Å². The number of carbonyl (C=O) groups is 3. The SMILES string of the molecule is CC(C)(C)OC(=O)CN(CCCNC(=O)OCc1ccccc1)CCCNC(=O)OCc1ccccc1. The molecule has 9 nitrogen and oxygen atoms in total. The van der Waals surface area contributed by atoms with Gasteiger partial charge < -0.3 is 24.8 Å². The summed E-state index contributed by atoms with van der Waals surface area (Å²) < 4.78 is 15.9. The average molecular weight is 514 g/mol. The summed E-state index contributed by atoms with van der Waals surface area (Å²) in [7, 11) is 0. The van der Waals surface area contributed by atoms with Gasteiger partial charge >= 0.3 is 18.2 Å². The lowest BCUT2D eigenvalue weighted by atomic mass is 10.2. The second-order valence-corrected chi connectivity index (χ2v) is 9.55. The standard InChI is InChI=1S/C28H39N3O6/c1-28(2,3)37-25(32)20-31(18-10-16-29-26(33)35-21-23-12-6-4-7-13-23)19-11-17-30-27(34)36-22-24-14-8-5-9-15-24/h4-9,12-15H,10-11,16-22H2,1-3H3,(H,29,33)(H,30,34). The van der Waals surface area contributed by atoms with E-state index >= 15 is 0 Å². The van der Waals surface area contributed by atoms with Crippen LogP contribution in [0.2, 0.25) is 0 Å². The first kappa shape index (κ1) is 29.6. The molecule has 0 aliphatic rings. The maximum Gasteiger partial charge on any atom is 0.407 e. The summed E-state index contributed by atoms with van der Waals surface area (Å²) in [5, 5.41) is 5.46. The molecule has 0 bridgehead atoms. The van der Waals surface area contributed by atoms with E-state index in [-0.39, 0.29) is 25.7 Å².